The Kier molecular flexibility index (Phi) is 4.69. The van der Waals surface area contributed by atoms with Gasteiger partial charge in [-0.15, -0.1) is 11.3 Å². The molecule has 1 amide bonds. The summed E-state index contributed by atoms with van der Waals surface area (Å²) >= 11 is 1.26. The number of alkyl halides is 2. The number of thiazole rings is 1. The van der Waals surface area contributed by atoms with E-state index in [4.69, 9.17) is 4.74 Å². The van der Waals surface area contributed by atoms with Crippen LogP contribution in [0.15, 0.2) is 34.8 Å². The highest BCUT2D eigenvalue weighted by Gasteiger charge is 2.20. The quantitative estimate of drug-likeness (QED) is 0.871. The first kappa shape index (κ1) is 15.2. The lowest BCUT2D eigenvalue weighted by Gasteiger charge is -2.12. The molecule has 0 saturated carbocycles. The molecule has 0 radical (unpaired) electrons. The minimum Gasteiger partial charge on any atom is -0.493 e. The number of rotatable bonds is 4. The molecule has 2 rings (SSSR count). The summed E-state index contributed by atoms with van der Waals surface area (Å²) in [6, 6.07) is 4.30. The molecule has 0 bridgehead atoms. The minimum absolute atomic E-state index is 0.0481. The van der Waals surface area contributed by atoms with Gasteiger partial charge in [0.15, 0.2) is 16.3 Å². The van der Waals surface area contributed by atoms with E-state index in [1.165, 1.54) is 36.6 Å². The predicted molar refractivity (Wildman–Crippen MR) is 72.8 cm³/mol. The summed E-state index contributed by atoms with van der Waals surface area (Å²) in [6.45, 7) is -3.06. The monoisotopic (exact) mass is 314 g/mol. The van der Waals surface area contributed by atoms with Gasteiger partial charge in [0, 0.05) is 18.6 Å². The summed E-state index contributed by atoms with van der Waals surface area (Å²) in [5, 5.41) is 1.76. The molecular weight excluding hydrogens is 302 g/mol. The maximum atomic E-state index is 12.5. The summed E-state index contributed by atoms with van der Waals surface area (Å²) in [6.07, 6.45) is 1.74. The van der Waals surface area contributed by atoms with Crippen LogP contribution in [0.5, 0.6) is 11.5 Å². The molecule has 0 aliphatic carbocycles. The first-order chi connectivity index (χ1) is 10.0. The lowest BCUT2D eigenvalue weighted by molar-refractivity contribution is -0.0515. The molecule has 0 aliphatic rings. The Bertz CT molecular complexity index is 709. The number of nitrogens with zero attached hydrogens (tertiary/aromatic N) is 2. The van der Waals surface area contributed by atoms with Crippen LogP contribution in [0.25, 0.3) is 0 Å². The number of carbonyl (C=O) groups excluding carboxylic acids is 1. The number of aromatic nitrogens is 1. The molecule has 2 aromatic rings. The van der Waals surface area contributed by atoms with Gasteiger partial charge in [-0.3, -0.25) is 4.79 Å². The van der Waals surface area contributed by atoms with Crippen molar-refractivity contribution in [3.63, 3.8) is 0 Å². The van der Waals surface area contributed by atoms with Gasteiger partial charge in [0.2, 0.25) is 0 Å². The molecule has 0 saturated heterocycles. The molecule has 8 heteroatoms. The largest absolute Gasteiger partial charge is 0.493 e. The van der Waals surface area contributed by atoms with Crippen LogP contribution in [0, 0.1) is 0 Å². The van der Waals surface area contributed by atoms with Crippen LogP contribution in [0.3, 0.4) is 0 Å². The van der Waals surface area contributed by atoms with E-state index in [9.17, 15) is 13.6 Å². The molecule has 0 fully saturated rings. The highest BCUT2D eigenvalue weighted by Crippen LogP contribution is 2.32. The summed E-state index contributed by atoms with van der Waals surface area (Å²) in [5.41, 5.74) is -0.0805. The highest BCUT2D eigenvalue weighted by atomic mass is 32.1. The maximum absolute atomic E-state index is 12.5. The van der Waals surface area contributed by atoms with Crippen LogP contribution in [-0.2, 0) is 7.05 Å². The van der Waals surface area contributed by atoms with Crippen molar-refractivity contribution in [3.8, 4) is 11.5 Å². The van der Waals surface area contributed by atoms with Crippen LogP contribution in [-0.4, -0.2) is 24.2 Å². The number of para-hydroxylation sites is 1. The van der Waals surface area contributed by atoms with Crippen LogP contribution in [0.4, 0.5) is 8.78 Å². The Morgan fingerprint density at radius 3 is 2.76 bits per heavy atom. The van der Waals surface area contributed by atoms with Crippen LogP contribution < -0.4 is 14.3 Å². The van der Waals surface area contributed by atoms with Gasteiger partial charge in [-0.25, -0.2) is 0 Å². The summed E-state index contributed by atoms with van der Waals surface area (Å²) in [7, 11) is 3.03. The molecule has 0 atom stereocenters. The summed E-state index contributed by atoms with van der Waals surface area (Å²) < 4.78 is 36.0. The van der Waals surface area contributed by atoms with E-state index in [0.717, 1.165) is 0 Å². The lowest BCUT2D eigenvalue weighted by Crippen LogP contribution is -2.14. The SMILES string of the molecule is COc1cccc(C(=O)N=c2sccn2C)c1OC(F)F. The van der Waals surface area contributed by atoms with Crippen LogP contribution in [0.2, 0.25) is 0 Å². The minimum atomic E-state index is -3.06. The third-order valence-corrected chi connectivity index (χ3v) is 3.44. The van der Waals surface area contributed by atoms with Gasteiger partial charge in [0.25, 0.3) is 5.91 Å². The van der Waals surface area contributed by atoms with Crippen molar-refractivity contribution in [1.82, 2.24) is 4.57 Å². The Balaban J connectivity index is 2.48. The predicted octanol–water partition coefficient (Wildman–Crippen LogP) is 2.44. The zero-order valence-electron chi connectivity index (χ0n) is 11.2. The standard InChI is InChI=1S/C13H12F2N2O3S/c1-17-6-7-21-13(17)16-11(18)8-4-3-5-9(19-2)10(8)20-12(14)15/h3-7,12H,1-2H3. The normalized spacial score (nSPS) is 11.8. The molecule has 0 spiro atoms. The third-order valence-electron chi connectivity index (χ3n) is 2.59. The van der Waals surface area contributed by atoms with Gasteiger partial charge in [-0.1, -0.05) is 6.07 Å². The highest BCUT2D eigenvalue weighted by molar-refractivity contribution is 7.07. The van der Waals surface area contributed by atoms with E-state index < -0.39 is 12.5 Å². The average molecular weight is 314 g/mol. The second kappa shape index (κ2) is 6.49. The average Bonchev–Trinajstić information content (AvgIpc) is 2.83. The van der Waals surface area contributed by atoms with E-state index in [2.05, 4.69) is 9.73 Å². The number of hydrogen-bond acceptors (Lipinski definition) is 4. The number of ether oxygens (including phenoxy) is 2. The molecular formula is C13H12F2N2O3S. The topological polar surface area (TPSA) is 52.8 Å². The van der Waals surface area contributed by atoms with Crippen molar-refractivity contribution >= 4 is 17.2 Å². The third kappa shape index (κ3) is 3.46. The number of methoxy groups -OCH3 is 1. The van der Waals surface area contributed by atoms with Gasteiger partial charge in [0.05, 0.1) is 12.7 Å². The summed E-state index contributed by atoms with van der Waals surface area (Å²) in [4.78, 5) is 16.5. The Morgan fingerprint density at radius 1 is 1.43 bits per heavy atom. The van der Waals surface area contributed by atoms with Gasteiger partial charge in [0.1, 0.15) is 0 Å². The van der Waals surface area contributed by atoms with Gasteiger partial charge >= 0.3 is 6.61 Å². The number of hydrogen-bond donors (Lipinski definition) is 0. The molecule has 112 valence electrons. The molecule has 1 aromatic heterocycles. The van der Waals surface area contributed by atoms with Crippen LogP contribution in [0.1, 0.15) is 10.4 Å². The van der Waals surface area contributed by atoms with E-state index in [0.29, 0.717) is 4.80 Å². The molecule has 1 aromatic carbocycles. The molecule has 0 unspecified atom stereocenters. The molecule has 0 N–H and O–H groups in total. The van der Waals surface area contributed by atoms with Gasteiger partial charge < -0.3 is 14.0 Å². The molecule has 5 nitrogen and oxygen atoms in total. The lowest BCUT2D eigenvalue weighted by atomic mass is 10.2. The van der Waals surface area contributed by atoms with Crippen molar-refractivity contribution in [2.24, 2.45) is 12.0 Å². The Hall–Kier alpha value is -2.22. The van der Waals surface area contributed by atoms with E-state index in [-0.39, 0.29) is 17.1 Å². The van der Waals surface area contributed by atoms with Crippen molar-refractivity contribution in [2.75, 3.05) is 7.11 Å². The van der Waals surface area contributed by atoms with Crippen LogP contribution >= 0.6 is 11.3 Å². The maximum Gasteiger partial charge on any atom is 0.387 e. The number of halogens is 2. The first-order valence-corrected chi connectivity index (χ1v) is 6.72. The number of aryl methyl sites for hydroxylation is 1. The zero-order chi connectivity index (χ0) is 15.4. The first-order valence-electron chi connectivity index (χ1n) is 5.84. The molecule has 21 heavy (non-hydrogen) atoms. The molecule has 0 aliphatic heterocycles. The second-order valence-corrected chi connectivity index (χ2v) is 4.80. The van der Waals surface area contributed by atoms with E-state index >= 15 is 0 Å². The second-order valence-electron chi connectivity index (χ2n) is 3.93. The fraction of sp³-hybridized carbons (Fsp3) is 0.231. The van der Waals surface area contributed by atoms with Crippen molar-refractivity contribution in [2.45, 2.75) is 6.61 Å². The van der Waals surface area contributed by atoms with Crippen molar-refractivity contribution < 1.29 is 23.0 Å². The van der Waals surface area contributed by atoms with Gasteiger partial charge in [-0.05, 0) is 12.1 Å². The Morgan fingerprint density at radius 2 is 2.19 bits per heavy atom. The molecule has 1 heterocycles. The van der Waals surface area contributed by atoms with E-state index in [1.54, 1.807) is 23.2 Å². The zero-order valence-corrected chi connectivity index (χ0v) is 12.1. The number of benzene rings is 1. The smallest absolute Gasteiger partial charge is 0.387 e. The van der Waals surface area contributed by atoms with E-state index in [1.807, 2.05) is 0 Å². The number of carbonyl (C=O) groups is 1. The van der Waals surface area contributed by atoms with Crippen molar-refractivity contribution in [3.05, 3.63) is 40.1 Å². The fourth-order valence-corrected chi connectivity index (χ4v) is 2.37. The fourth-order valence-electron chi connectivity index (χ4n) is 1.64. The Labute approximate surface area is 123 Å². The summed E-state index contributed by atoms with van der Waals surface area (Å²) in [5.74, 6) is -0.947. The van der Waals surface area contributed by atoms with Crippen molar-refractivity contribution in [1.29, 1.82) is 0 Å². The van der Waals surface area contributed by atoms with Gasteiger partial charge in [-0.2, -0.15) is 13.8 Å². The number of amides is 1.